The normalized spacial score (nSPS) is 10.7. The smallest absolute Gasteiger partial charge is 0.153 e. The van der Waals surface area contributed by atoms with E-state index in [1.54, 1.807) is 0 Å². The van der Waals surface area contributed by atoms with Crippen LogP contribution in [0.2, 0.25) is 0 Å². The van der Waals surface area contributed by atoms with Crippen molar-refractivity contribution in [2.45, 2.75) is 6.92 Å². The fourth-order valence-electron chi connectivity index (χ4n) is 2.27. The lowest BCUT2D eigenvalue weighted by Gasteiger charge is -2.07. The molecule has 2 aromatic carbocycles. The number of nitrogen functional groups attached to an aromatic ring is 1. The van der Waals surface area contributed by atoms with E-state index < -0.39 is 0 Å². The van der Waals surface area contributed by atoms with Crippen molar-refractivity contribution in [3.63, 3.8) is 0 Å². The third-order valence-electron chi connectivity index (χ3n) is 3.25. The number of rotatable bonds is 2. The maximum absolute atomic E-state index is 6.03. The van der Waals surface area contributed by atoms with Crippen LogP contribution in [0.3, 0.4) is 0 Å². The molecule has 0 aliphatic carbocycles. The van der Waals surface area contributed by atoms with Gasteiger partial charge in [0.1, 0.15) is 0 Å². The molecule has 1 heterocycles. The van der Waals surface area contributed by atoms with Crippen LogP contribution in [0.1, 0.15) is 5.56 Å². The van der Waals surface area contributed by atoms with E-state index >= 15 is 0 Å². The average molecular weight is 328 g/mol. The van der Waals surface area contributed by atoms with Gasteiger partial charge in [0.25, 0.3) is 0 Å². The van der Waals surface area contributed by atoms with Crippen LogP contribution in [0, 0.1) is 6.92 Å². The van der Waals surface area contributed by atoms with Crippen molar-refractivity contribution in [3.05, 3.63) is 58.6 Å². The SMILES string of the molecule is Cc1ccc(-c2[nH]nc(N)c2-c2ccccc2)c(Br)c1. The number of hydrogen-bond acceptors (Lipinski definition) is 2. The molecule has 100 valence electrons. The number of nitrogens with zero attached hydrogens (tertiary/aromatic N) is 1. The molecule has 0 unspecified atom stereocenters. The molecule has 0 saturated carbocycles. The molecule has 0 saturated heterocycles. The standard InChI is InChI=1S/C16H14BrN3/c1-10-7-8-12(13(17)9-10)15-14(16(18)20-19-15)11-5-3-2-4-6-11/h2-9H,1H3,(H3,18,19,20). The summed E-state index contributed by atoms with van der Waals surface area (Å²) >= 11 is 3.61. The zero-order valence-electron chi connectivity index (χ0n) is 11.0. The minimum atomic E-state index is 0.513. The number of nitrogens with two attached hydrogens (primary N) is 1. The molecule has 1 aromatic heterocycles. The molecule has 3 N–H and O–H groups in total. The number of hydrogen-bond donors (Lipinski definition) is 2. The third-order valence-corrected chi connectivity index (χ3v) is 3.91. The van der Waals surface area contributed by atoms with Crippen LogP contribution in [0.4, 0.5) is 5.82 Å². The Kier molecular flexibility index (Phi) is 3.32. The van der Waals surface area contributed by atoms with Crippen LogP contribution >= 0.6 is 15.9 Å². The van der Waals surface area contributed by atoms with Crippen LogP contribution in [-0.4, -0.2) is 10.2 Å². The van der Waals surface area contributed by atoms with E-state index in [9.17, 15) is 0 Å². The lowest BCUT2D eigenvalue weighted by molar-refractivity contribution is 1.10. The van der Waals surface area contributed by atoms with Gasteiger partial charge in [0.2, 0.25) is 0 Å². The van der Waals surface area contributed by atoms with Gasteiger partial charge in [0.05, 0.1) is 11.3 Å². The van der Waals surface area contributed by atoms with Gasteiger partial charge in [-0.2, -0.15) is 5.10 Å². The van der Waals surface area contributed by atoms with Crippen molar-refractivity contribution in [1.82, 2.24) is 10.2 Å². The Labute approximate surface area is 126 Å². The van der Waals surface area contributed by atoms with Gasteiger partial charge in [-0.05, 0) is 24.1 Å². The Morgan fingerprint density at radius 1 is 1.10 bits per heavy atom. The van der Waals surface area contributed by atoms with Gasteiger partial charge in [-0.25, -0.2) is 0 Å². The number of aromatic amines is 1. The summed E-state index contributed by atoms with van der Waals surface area (Å²) in [6.45, 7) is 2.06. The molecule has 3 rings (SSSR count). The molecule has 0 aliphatic heterocycles. The number of anilines is 1. The number of benzene rings is 2. The molecule has 0 amide bonds. The Morgan fingerprint density at radius 2 is 1.85 bits per heavy atom. The highest BCUT2D eigenvalue weighted by molar-refractivity contribution is 9.10. The zero-order valence-corrected chi connectivity index (χ0v) is 12.6. The molecule has 0 atom stereocenters. The van der Waals surface area contributed by atoms with Gasteiger partial charge in [-0.15, -0.1) is 0 Å². The maximum atomic E-state index is 6.03. The molecular weight excluding hydrogens is 314 g/mol. The first-order valence-corrected chi connectivity index (χ1v) is 7.12. The lowest BCUT2D eigenvalue weighted by atomic mass is 10.0. The summed E-state index contributed by atoms with van der Waals surface area (Å²) in [7, 11) is 0. The molecule has 20 heavy (non-hydrogen) atoms. The highest BCUT2D eigenvalue weighted by Gasteiger charge is 2.16. The van der Waals surface area contributed by atoms with E-state index in [0.29, 0.717) is 5.82 Å². The van der Waals surface area contributed by atoms with Crippen LogP contribution < -0.4 is 5.73 Å². The molecule has 3 nitrogen and oxygen atoms in total. The second-order valence-electron chi connectivity index (χ2n) is 4.71. The van der Waals surface area contributed by atoms with Gasteiger partial charge in [0, 0.05) is 10.0 Å². The lowest BCUT2D eigenvalue weighted by Crippen LogP contribution is -1.89. The van der Waals surface area contributed by atoms with Crippen molar-refractivity contribution in [2.75, 3.05) is 5.73 Å². The van der Waals surface area contributed by atoms with Gasteiger partial charge in [-0.3, -0.25) is 5.10 Å². The largest absolute Gasteiger partial charge is 0.382 e. The first-order chi connectivity index (χ1) is 9.66. The van der Waals surface area contributed by atoms with Crippen molar-refractivity contribution < 1.29 is 0 Å². The Morgan fingerprint density at radius 3 is 2.55 bits per heavy atom. The minimum Gasteiger partial charge on any atom is -0.382 e. The summed E-state index contributed by atoms with van der Waals surface area (Å²) in [6.07, 6.45) is 0. The van der Waals surface area contributed by atoms with Crippen LogP contribution in [0.25, 0.3) is 22.4 Å². The summed E-state index contributed by atoms with van der Waals surface area (Å²) < 4.78 is 1.03. The average Bonchev–Trinajstić information content (AvgIpc) is 2.81. The molecule has 0 bridgehead atoms. The number of halogens is 1. The van der Waals surface area contributed by atoms with Crippen molar-refractivity contribution in [3.8, 4) is 22.4 Å². The third kappa shape index (κ3) is 2.23. The molecule has 3 aromatic rings. The predicted octanol–water partition coefficient (Wildman–Crippen LogP) is 4.40. The van der Waals surface area contributed by atoms with E-state index in [1.807, 2.05) is 30.3 Å². The van der Waals surface area contributed by atoms with E-state index in [0.717, 1.165) is 26.9 Å². The van der Waals surface area contributed by atoms with Crippen molar-refractivity contribution in [1.29, 1.82) is 0 Å². The van der Waals surface area contributed by atoms with Crippen LogP contribution in [0.15, 0.2) is 53.0 Å². The Hall–Kier alpha value is -2.07. The second kappa shape index (κ2) is 5.13. The van der Waals surface area contributed by atoms with E-state index in [2.05, 4.69) is 51.3 Å². The Balaban J connectivity index is 2.21. The summed E-state index contributed by atoms with van der Waals surface area (Å²) in [5.41, 5.74) is 11.2. The fraction of sp³-hybridized carbons (Fsp3) is 0.0625. The highest BCUT2D eigenvalue weighted by atomic mass is 79.9. The van der Waals surface area contributed by atoms with E-state index in [4.69, 9.17) is 5.73 Å². The second-order valence-corrected chi connectivity index (χ2v) is 5.56. The molecule has 4 heteroatoms. The predicted molar refractivity (Wildman–Crippen MR) is 86.3 cm³/mol. The van der Waals surface area contributed by atoms with Crippen molar-refractivity contribution in [2.24, 2.45) is 0 Å². The van der Waals surface area contributed by atoms with E-state index in [1.165, 1.54) is 5.56 Å². The number of aromatic nitrogens is 2. The first kappa shape index (κ1) is 12.9. The highest BCUT2D eigenvalue weighted by Crippen LogP contribution is 2.37. The van der Waals surface area contributed by atoms with E-state index in [-0.39, 0.29) is 0 Å². The maximum Gasteiger partial charge on any atom is 0.153 e. The summed E-state index contributed by atoms with van der Waals surface area (Å²) in [5.74, 6) is 0.513. The summed E-state index contributed by atoms with van der Waals surface area (Å²) in [4.78, 5) is 0. The van der Waals surface area contributed by atoms with Gasteiger partial charge >= 0.3 is 0 Å². The van der Waals surface area contributed by atoms with Crippen LogP contribution in [-0.2, 0) is 0 Å². The molecular formula is C16H14BrN3. The van der Waals surface area contributed by atoms with Crippen molar-refractivity contribution >= 4 is 21.7 Å². The molecule has 0 fully saturated rings. The van der Waals surface area contributed by atoms with Gasteiger partial charge in [0.15, 0.2) is 5.82 Å². The number of aryl methyl sites for hydroxylation is 1. The minimum absolute atomic E-state index is 0.513. The first-order valence-electron chi connectivity index (χ1n) is 6.32. The quantitative estimate of drug-likeness (QED) is 0.733. The van der Waals surface area contributed by atoms with Crippen LogP contribution in [0.5, 0.6) is 0 Å². The monoisotopic (exact) mass is 327 g/mol. The summed E-state index contributed by atoms with van der Waals surface area (Å²) in [6, 6.07) is 16.3. The molecule has 0 radical (unpaired) electrons. The van der Waals surface area contributed by atoms with Gasteiger partial charge < -0.3 is 5.73 Å². The molecule has 0 aliphatic rings. The molecule has 0 spiro atoms. The van der Waals surface area contributed by atoms with Gasteiger partial charge in [-0.1, -0.05) is 58.4 Å². The number of nitrogens with one attached hydrogen (secondary N) is 1. The fourth-order valence-corrected chi connectivity index (χ4v) is 2.96. The summed E-state index contributed by atoms with van der Waals surface area (Å²) in [5, 5.41) is 7.21. The Bertz CT molecular complexity index is 748. The zero-order chi connectivity index (χ0) is 14.1. The topological polar surface area (TPSA) is 54.7 Å². The number of H-pyrrole nitrogens is 1.